The van der Waals surface area contributed by atoms with Gasteiger partial charge in [-0.3, -0.25) is 0 Å². The van der Waals surface area contributed by atoms with Gasteiger partial charge in [0.1, 0.15) is 11.6 Å². The number of fused-ring (bicyclic) bond motifs is 1. The minimum absolute atomic E-state index is 0.0790. The number of halogens is 5. The lowest BCUT2D eigenvalue weighted by atomic mass is 10.1. The van der Waals surface area contributed by atoms with Gasteiger partial charge in [0.2, 0.25) is 0 Å². The molecule has 9 heteroatoms. The van der Waals surface area contributed by atoms with Crippen LogP contribution in [-0.4, -0.2) is 14.6 Å². The predicted octanol–water partition coefficient (Wildman–Crippen LogP) is 4.10. The lowest BCUT2D eigenvalue weighted by molar-refractivity contribution is -0.140. The molecule has 0 unspecified atom stereocenters. The maximum atomic E-state index is 13.9. The zero-order chi connectivity index (χ0) is 16.6. The quantitative estimate of drug-likeness (QED) is 0.497. The smallest absolute Gasteiger partial charge is 0.366 e. The fourth-order valence-electron chi connectivity index (χ4n) is 2.06. The molecule has 4 nitrogen and oxygen atoms in total. The van der Waals surface area contributed by atoms with Gasteiger partial charge in [-0.15, -0.1) is 0 Å². The van der Waals surface area contributed by atoms with Crippen LogP contribution >= 0.6 is 22.6 Å². The van der Waals surface area contributed by atoms with Gasteiger partial charge in [-0.2, -0.15) is 18.3 Å². The van der Waals surface area contributed by atoms with Crippen molar-refractivity contribution in [3.63, 3.8) is 0 Å². The summed E-state index contributed by atoms with van der Waals surface area (Å²) in [6, 6.07) is 4.82. The standard InChI is InChI=1S/C14H9F4IN4/c15-12-8(2-1-3-9(12)14(16,17)18)6-20-11-4-5-23-13(22-11)10(19)7-21-23/h1-5,7H,6H2,(H,20,22). The van der Waals surface area contributed by atoms with Crippen LogP contribution in [0.5, 0.6) is 0 Å². The van der Waals surface area contributed by atoms with E-state index in [1.807, 2.05) is 0 Å². The summed E-state index contributed by atoms with van der Waals surface area (Å²) in [7, 11) is 0. The minimum Gasteiger partial charge on any atom is -0.366 e. The molecule has 0 saturated carbocycles. The van der Waals surface area contributed by atoms with E-state index in [0.717, 1.165) is 9.64 Å². The summed E-state index contributed by atoms with van der Waals surface area (Å²) in [6.07, 6.45) is -1.42. The van der Waals surface area contributed by atoms with E-state index in [2.05, 4.69) is 38.0 Å². The molecular weight excluding hydrogens is 427 g/mol. The van der Waals surface area contributed by atoms with Crippen molar-refractivity contribution in [1.29, 1.82) is 0 Å². The molecule has 1 N–H and O–H groups in total. The average Bonchev–Trinajstić information content (AvgIpc) is 2.86. The van der Waals surface area contributed by atoms with Gasteiger partial charge in [0, 0.05) is 18.3 Å². The molecule has 0 aliphatic heterocycles. The van der Waals surface area contributed by atoms with Gasteiger partial charge < -0.3 is 5.32 Å². The van der Waals surface area contributed by atoms with Crippen LogP contribution in [0.25, 0.3) is 5.65 Å². The summed E-state index contributed by atoms with van der Waals surface area (Å²) in [5.74, 6) is -0.847. The number of nitrogens with one attached hydrogen (secondary N) is 1. The van der Waals surface area contributed by atoms with Gasteiger partial charge in [-0.25, -0.2) is 13.9 Å². The first-order chi connectivity index (χ1) is 10.9. The van der Waals surface area contributed by atoms with E-state index in [-0.39, 0.29) is 12.1 Å². The van der Waals surface area contributed by atoms with Crippen LogP contribution in [0.1, 0.15) is 11.1 Å². The lowest BCUT2D eigenvalue weighted by Gasteiger charge is -2.12. The molecule has 0 fully saturated rings. The molecular formula is C14H9F4IN4. The molecule has 0 radical (unpaired) electrons. The van der Waals surface area contributed by atoms with Crippen LogP contribution in [0, 0.1) is 9.39 Å². The van der Waals surface area contributed by atoms with Crippen LogP contribution in [0.4, 0.5) is 23.4 Å². The number of benzene rings is 1. The number of rotatable bonds is 3. The molecule has 2 heterocycles. The number of hydrogen-bond acceptors (Lipinski definition) is 3. The van der Waals surface area contributed by atoms with E-state index < -0.39 is 17.6 Å². The molecule has 0 aliphatic carbocycles. The summed E-state index contributed by atoms with van der Waals surface area (Å²) in [6.45, 7) is -0.107. The molecule has 0 bridgehead atoms. The molecule has 0 spiro atoms. The summed E-state index contributed by atoms with van der Waals surface area (Å²) < 4.78 is 54.4. The van der Waals surface area contributed by atoms with Gasteiger partial charge >= 0.3 is 6.18 Å². The van der Waals surface area contributed by atoms with Crippen molar-refractivity contribution in [1.82, 2.24) is 14.6 Å². The largest absolute Gasteiger partial charge is 0.419 e. The molecule has 23 heavy (non-hydrogen) atoms. The summed E-state index contributed by atoms with van der Waals surface area (Å²) >= 11 is 2.07. The number of aromatic nitrogens is 3. The Morgan fingerprint density at radius 1 is 1.22 bits per heavy atom. The van der Waals surface area contributed by atoms with E-state index in [4.69, 9.17) is 0 Å². The fraction of sp³-hybridized carbons (Fsp3) is 0.143. The maximum absolute atomic E-state index is 13.9. The molecule has 0 saturated heterocycles. The zero-order valence-electron chi connectivity index (χ0n) is 11.4. The Morgan fingerprint density at radius 2 is 2.00 bits per heavy atom. The van der Waals surface area contributed by atoms with Gasteiger partial charge in [-0.05, 0) is 34.7 Å². The Labute approximate surface area is 141 Å². The Bertz CT molecular complexity index is 860. The third kappa shape index (κ3) is 3.23. The number of nitrogens with zero attached hydrogens (tertiary/aromatic N) is 3. The first-order valence-electron chi connectivity index (χ1n) is 6.44. The second-order valence-corrected chi connectivity index (χ2v) is 5.87. The number of hydrogen-bond donors (Lipinski definition) is 1. The van der Waals surface area contributed by atoms with Gasteiger partial charge in [-0.1, -0.05) is 12.1 Å². The fourth-order valence-corrected chi connectivity index (χ4v) is 2.55. The summed E-state index contributed by atoms with van der Waals surface area (Å²) in [5, 5.41) is 6.89. The van der Waals surface area contributed by atoms with Crippen LogP contribution < -0.4 is 5.32 Å². The third-order valence-corrected chi connectivity index (χ3v) is 3.93. The van der Waals surface area contributed by atoms with E-state index in [1.165, 1.54) is 12.1 Å². The van der Waals surface area contributed by atoms with Crippen LogP contribution in [0.2, 0.25) is 0 Å². The van der Waals surface area contributed by atoms with Crippen molar-refractivity contribution in [2.75, 3.05) is 5.32 Å². The highest BCUT2D eigenvalue weighted by molar-refractivity contribution is 14.1. The van der Waals surface area contributed by atoms with Crippen molar-refractivity contribution >= 4 is 34.1 Å². The molecule has 120 valence electrons. The number of alkyl halides is 3. The maximum Gasteiger partial charge on any atom is 0.419 e. The SMILES string of the molecule is Fc1c(CNc2ccn3ncc(I)c3n2)cccc1C(F)(F)F. The number of anilines is 1. The highest BCUT2D eigenvalue weighted by atomic mass is 127. The molecule has 2 aromatic heterocycles. The predicted molar refractivity (Wildman–Crippen MR) is 84.4 cm³/mol. The van der Waals surface area contributed by atoms with Gasteiger partial charge in [0.15, 0.2) is 5.65 Å². The highest BCUT2D eigenvalue weighted by Gasteiger charge is 2.34. The monoisotopic (exact) mass is 436 g/mol. The molecule has 0 aliphatic rings. The van der Waals surface area contributed by atoms with Crippen LogP contribution in [0.3, 0.4) is 0 Å². The van der Waals surface area contributed by atoms with Crippen LogP contribution in [-0.2, 0) is 12.7 Å². The van der Waals surface area contributed by atoms with Crippen molar-refractivity contribution in [3.05, 3.63) is 57.2 Å². The van der Waals surface area contributed by atoms with E-state index >= 15 is 0 Å². The van der Waals surface area contributed by atoms with Crippen molar-refractivity contribution in [2.45, 2.75) is 12.7 Å². The first-order valence-corrected chi connectivity index (χ1v) is 7.52. The Morgan fingerprint density at radius 3 is 2.74 bits per heavy atom. The summed E-state index contributed by atoms with van der Waals surface area (Å²) in [5.41, 5.74) is -0.740. The molecule has 0 atom stereocenters. The van der Waals surface area contributed by atoms with Gasteiger partial charge in [0.25, 0.3) is 0 Å². The molecule has 0 amide bonds. The van der Waals surface area contributed by atoms with E-state index in [9.17, 15) is 17.6 Å². The Balaban J connectivity index is 1.83. The Kier molecular flexibility index (Phi) is 4.13. The molecule has 3 rings (SSSR count). The normalized spacial score (nSPS) is 11.9. The second-order valence-electron chi connectivity index (χ2n) is 4.70. The highest BCUT2D eigenvalue weighted by Crippen LogP contribution is 2.32. The van der Waals surface area contributed by atoms with E-state index in [1.54, 1.807) is 23.0 Å². The first kappa shape index (κ1) is 16.0. The minimum atomic E-state index is -4.72. The molecule has 3 aromatic rings. The van der Waals surface area contributed by atoms with Crippen molar-refractivity contribution < 1.29 is 17.6 Å². The van der Waals surface area contributed by atoms with Crippen molar-refractivity contribution in [2.24, 2.45) is 0 Å². The second kappa shape index (κ2) is 5.95. The van der Waals surface area contributed by atoms with E-state index in [0.29, 0.717) is 11.5 Å². The lowest BCUT2D eigenvalue weighted by Crippen LogP contribution is -2.12. The Hall–Kier alpha value is -1.91. The summed E-state index contributed by atoms with van der Waals surface area (Å²) in [4.78, 5) is 4.29. The zero-order valence-corrected chi connectivity index (χ0v) is 13.6. The van der Waals surface area contributed by atoms with Crippen molar-refractivity contribution in [3.8, 4) is 0 Å². The molecule has 1 aromatic carbocycles. The third-order valence-electron chi connectivity index (χ3n) is 3.17. The average molecular weight is 436 g/mol. The van der Waals surface area contributed by atoms with Crippen LogP contribution in [0.15, 0.2) is 36.7 Å². The topological polar surface area (TPSA) is 42.2 Å². The van der Waals surface area contributed by atoms with Gasteiger partial charge in [0.05, 0.1) is 15.3 Å².